The van der Waals surface area contributed by atoms with E-state index in [-0.39, 0.29) is 12.7 Å². The summed E-state index contributed by atoms with van der Waals surface area (Å²) in [6.07, 6.45) is 8.28. The van der Waals surface area contributed by atoms with Gasteiger partial charge in [0, 0.05) is 12.1 Å². The average molecular weight is 313 g/mol. The fraction of sp³-hybridized carbons (Fsp3) is 0.632. The van der Waals surface area contributed by atoms with Crippen molar-refractivity contribution < 1.29 is 14.3 Å². The first-order valence-corrected chi connectivity index (χ1v) is 8.87. The Kier molecular flexibility index (Phi) is 2.91. The van der Waals surface area contributed by atoms with E-state index in [4.69, 9.17) is 9.47 Å². The Morgan fingerprint density at radius 3 is 2.39 bits per heavy atom. The summed E-state index contributed by atoms with van der Waals surface area (Å²) in [5.41, 5.74) is 1.04. The van der Waals surface area contributed by atoms with Crippen molar-refractivity contribution in [3.63, 3.8) is 0 Å². The quantitative estimate of drug-likeness (QED) is 0.931. The summed E-state index contributed by atoms with van der Waals surface area (Å²) in [6, 6.07) is 5.43. The number of benzene rings is 1. The molecule has 5 aliphatic rings. The lowest BCUT2D eigenvalue weighted by Gasteiger charge is -2.56. The molecule has 6 rings (SSSR count). The van der Waals surface area contributed by atoms with Crippen LogP contribution in [-0.4, -0.2) is 19.2 Å². The molecule has 1 heterocycles. The second kappa shape index (κ2) is 4.89. The molecule has 0 aromatic heterocycles. The monoisotopic (exact) mass is 313 g/mol. The molecule has 1 amide bonds. The highest BCUT2D eigenvalue weighted by Crippen LogP contribution is 2.59. The zero-order valence-corrected chi connectivity index (χ0v) is 13.3. The first-order chi connectivity index (χ1) is 11.2. The predicted molar refractivity (Wildman–Crippen MR) is 85.5 cm³/mol. The second-order valence-electron chi connectivity index (χ2n) is 8.17. The SMILES string of the molecule is O=C(NCC12CC3CC(CC(C3)C1)C2)c1ccc2c(c1)OCO2. The first kappa shape index (κ1) is 13.7. The van der Waals surface area contributed by atoms with Crippen molar-refractivity contribution in [1.82, 2.24) is 5.32 Å². The number of carbonyl (C=O) groups is 1. The van der Waals surface area contributed by atoms with Gasteiger partial charge in [-0.15, -0.1) is 0 Å². The average Bonchev–Trinajstić information content (AvgIpc) is 2.99. The van der Waals surface area contributed by atoms with Gasteiger partial charge in [0.25, 0.3) is 5.91 Å². The molecule has 122 valence electrons. The molecule has 1 aromatic carbocycles. The largest absolute Gasteiger partial charge is 0.454 e. The lowest BCUT2D eigenvalue weighted by molar-refractivity contribution is -0.0503. The van der Waals surface area contributed by atoms with Crippen LogP contribution in [0.1, 0.15) is 48.9 Å². The molecule has 4 bridgehead atoms. The van der Waals surface area contributed by atoms with Crippen LogP contribution in [0.3, 0.4) is 0 Å². The molecule has 4 fully saturated rings. The maximum absolute atomic E-state index is 12.5. The summed E-state index contributed by atoms with van der Waals surface area (Å²) in [5.74, 6) is 4.17. The van der Waals surface area contributed by atoms with Crippen LogP contribution < -0.4 is 14.8 Å². The van der Waals surface area contributed by atoms with Gasteiger partial charge in [-0.05, 0) is 79.9 Å². The van der Waals surface area contributed by atoms with E-state index in [0.717, 1.165) is 30.0 Å². The van der Waals surface area contributed by atoms with Gasteiger partial charge in [0.15, 0.2) is 11.5 Å². The summed E-state index contributed by atoms with van der Waals surface area (Å²) >= 11 is 0. The minimum Gasteiger partial charge on any atom is -0.454 e. The number of carbonyl (C=O) groups excluding carboxylic acids is 1. The molecule has 4 nitrogen and oxygen atoms in total. The Hall–Kier alpha value is -1.71. The van der Waals surface area contributed by atoms with Crippen LogP contribution >= 0.6 is 0 Å². The number of rotatable bonds is 3. The molecule has 4 saturated carbocycles. The van der Waals surface area contributed by atoms with Crippen molar-refractivity contribution in [2.45, 2.75) is 38.5 Å². The minimum absolute atomic E-state index is 0.0130. The van der Waals surface area contributed by atoms with Crippen LogP contribution in [-0.2, 0) is 0 Å². The van der Waals surface area contributed by atoms with Gasteiger partial charge in [-0.25, -0.2) is 0 Å². The molecule has 1 aromatic rings. The lowest BCUT2D eigenvalue weighted by atomic mass is 9.49. The van der Waals surface area contributed by atoms with Gasteiger partial charge >= 0.3 is 0 Å². The highest BCUT2D eigenvalue weighted by molar-refractivity contribution is 5.94. The fourth-order valence-electron chi connectivity index (χ4n) is 5.91. The number of amides is 1. The number of nitrogens with one attached hydrogen (secondary N) is 1. The maximum atomic E-state index is 12.5. The number of ether oxygens (including phenoxy) is 2. The summed E-state index contributed by atoms with van der Waals surface area (Å²) in [4.78, 5) is 12.5. The fourth-order valence-corrected chi connectivity index (χ4v) is 5.91. The van der Waals surface area contributed by atoms with Crippen molar-refractivity contribution in [2.75, 3.05) is 13.3 Å². The van der Waals surface area contributed by atoms with Gasteiger partial charge < -0.3 is 14.8 Å². The van der Waals surface area contributed by atoms with Crippen molar-refractivity contribution in [3.8, 4) is 11.5 Å². The third-order valence-electron chi connectivity index (χ3n) is 6.42. The van der Waals surface area contributed by atoms with Crippen molar-refractivity contribution in [1.29, 1.82) is 0 Å². The standard InChI is InChI=1S/C19H23NO3/c21-18(15-1-2-16-17(6-15)23-11-22-16)20-10-19-7-12-3-13(8-19)5-14(4-12)9-19/h1-2,6,12-14H,3-5,7-11H2,(H,20,21). The van der Waals surface area contributed by atoms with Gasteiger partial charge in [0.1, 0.15) is 0 Å². The Bertz CT molecular complexity index is 619. The Morgan fingerprint density at radius 1 is 1.04 bits per heavy atom. The molecular formula is C19H23NO3. The van der Waals surface area contributed by atoms with Crippen LogP contribution in [0.25, 0.3) is 0 Å². The molecular weight excluding hydrogens is 290 g/mol. The van der Waals surface area contributed by atoms with E-state index >= 15 is 0 Å². The normalized spacial score (nSPS) is 36.3. The van der Waals surface area contributed by atoms with Crippen molar-refractivity contribution in [3.05, 3.63) is 23.8 Å². The number of hydrogen-bond acceptors (Lipinski definition) is 3. The summed E-state index contributed by atoms with van der Waals surface area (Å²) in [7, 11) is 0. The Balaban J connectivity index is 1.28. The van der Waals surface area contributed by atoms with E-state index in [1.807, 2.05) is 12.1 Å². The van der Waals surface area contributed by atoms with Gasteiger partial charge in [0.2, 0.25) is 6.79 Å². The molecule has 23 heavy (non-hydrogen) atoms. The van der Waals surface area contributed by atoms with Gasteiger partial charge in [-0.2, -0.15) is 0 Å². The van der Waals surface area contributed by atoms with Gasteiger partial charge in [-0.3, -0.25) is 4.79 Å². The van der Waals surface area contributed by atoms with Crippen LogP contribution in [0.2, 0.25) is 0 Å². The van der Waals surface area contributed by atoms with E-state index in [1.165, 1.54) is 38.5 Å². The van der Waals surface area contributed by atoms with Crippen molar-refractivity contribution in [2.24, 2.45) is 23.2 Å². The topological polar surface area (TPSA) is 47.6 Å². The first-order valence-electron chi connectivity index (χ1n) is 8.87. The van der Waals surface area contributed by atoms with E-state index in [2.05, 4.69) is 5.32 Å². The van der Waals surface area contributed by atoms with E-state index < -0.39 is 0 Å². The maximum Gasteiger partial charge on any atom is 0.251 e. The van der Waals surface area contributed by atoms with Crippen LogP contribution in [0.4, 0.5) is 0 Å². The molecule has 0 saturated heterocycles. The number of hydrogen-bond donors (Lipinski definition) is 1. The summed E-state index contributed by atoms with van der Waals surface area (Å²) in [5, 5.41) is 3.21. The smallest absolute Gasteiger partial charge is 0.251 e. The molecule has 1 N–H and O–H groups in total. The molecule has 0 atom stereocenters. The molecule has 1 aliphatic heterocycles. The zero-order valence-electron chi connectivity index (χ0n) is 13.3. The van der Waals surface area contributed by atoms with Gasteiger partial charge in [-0.1, -0.05) is 0 Å². The molecule has 4 heteroatoms. The Morgan fingerprint density at radius 2 is 1.70 bits per heavy atom. The third kappa shape index (κ3) is 2.30. The third-order valence-corrected chi connectivity index (χ3v) is 6.42. The number of fused-ring (bicyclic) bond motifs is 1. The highest BCUT2D eigenvalue weighted by Gasteiger charge is 2.50. The molecule has 0 spiro atoms. The van der Waals surface area contributed by atoms with E-state index in [9.17, 15) is 4.79 Å². The summed E-state index contributed by atoms with van der Waals surface area (Å²) in [6.45, 7) is 1.08. The Labute approximate surface area is 136 Å². The minimum atomic E-state index is 0.0130. The second-order valence-corrected chi connectivity index (χ2v) is 8.17. The molecule has 0 unspecified atom stereocenters. The van der Waals surface area contributed by atoms with E-state index in [0.29, 0.717) is 16.7 Å². The van der Waals surface area contributed by atoms with Gasteiger partial charge in [0.05, 0.1) is 0 Å². The molecule has 0 radical (unpaired) electrons. The van der Waals surface area contributed by atoms with Crippen LogP contribution in [0, 0.1) is 23.2 Å². The van der Waals surface area contributed by atoms with Crippen molar-refractivity contribution >= 4 is 5.91 Å². The van der Waals surface area contributed by atoms with Crippen LogP contribution in [0.5, 0.6) is 11.5 Å². The lowest BCUT2D eigenvalue weighted by Crippen LogP contribution is -2.51. The van der Waals surface area contributed by atoms with E-state index in [1.54, 1.807) is 6.07 Å². The van der Waals surface area contributed by atoms with Crippen LogP contribution in [0.15, 0.2) is 18.2 Å². The molecule has 4 aliphatic carbocycles. The summed E-state index contributed by atoms with van der Waals surface area (Å²) < 4.78 is 10.7. The zero-order chi connectivity index (χ0) is 15.4. The predicted octanol–water partition coefficient (Wildman–Crippen LogP) is 3.36. The highest BCUT2D eigenvalue weighted by atomic mass is 16.7.